The van der Waals surface area contributed by atoms with E-state index < -0.39 is 10.0 Å². The Morgan fingerprint density at radius 3 is 2.56 bits per heavy atom. The van der Waals surface area contributed by atoms with Crippen molar-refractivity contribution in [3.8, 4) is 0 Å². The molecule has 0 spiro atoms. The number of aryl methyl sites for hydroxylation is 1. The molecule has 2 atom stereocenters. The zero-order valence-electron chi connectivity index (χ0n) is 15.0. The second-order valence-corrected chi connectivity index (χ2v) is 8.39. The number of nitrogens with one attached hydrogen (secondary N) is 2. The van der Waals surface area contributed by atoms with Gasteiger partial charge in [-0.05, 0) is 45.9 Å². The van der Waals surface area contributed by atoms with E-state index in [-0.39, 0.29) is 41.7 Å². The van der Waals surface area contributed by atoms with Gasteiger partial charge in [0.25, 0.3) is 0 Å². The Morgan fingerprint density at radius 1 is 1.32 bits per heavy atom. The van der Waals surface area contributed by atoms with E-state index in [2.05, 4.69) is 10.6 Å². The van der Waals surface area contributed by atoms with Crippen LogP contribution in [0.1, 0.15) is 25.3 Å². The molecule has 0 aromatic heterocycles. The Morgan fingerprint density at radius 2 is 1.96 bits per heavy atom. The Kier molecular flexibility index (Phi) is 8.34. The van der Waals surface area contributed by atoms with Crippen molar-refractivity contribution in [2.75, 3.05) is 26.7 Å². The second-order valence-electron chi connectivity index (χ2n) is 6.45. The number of piperidine rings is 1. The van der Waals surface area contributed by atoms with Gasteiger partial charge in [-0.3, -0.25) is 4.79 Å². The van der Waals surface area contributed by atoms with E-state index >= 15 is 0 Å². The maximum Gasteiger partial charge on any atom is 0.243 e. The van der Waals surface area contributed by atoms with E-state index in [1.807, 2.05) is 20.9 Å². The molecule has 1 fully saturated rings. The van der Waals surface area contributed by atoms with Gasteiger partial charge in [-0.25, -0.2) is 8.42 Å². The molecule has 1 aliphatic rings. The first-order chi connectivity index (χ1) is 11.3. The predicted molar refractivity (Wildman–Crippen MR) is 101 cm³/mol. The molecule has 1 aromatic carbocycles. The number of carbonyl (C=O) groups is 1. The van der Waals surface area contributed by atoms with Gasteiger partial charge in [-0.1, -0.05) is 17.7 Å². The molecule has 142 valence electrons. The van der Waals surface area contributed by atoms with Crippen LogP contribution in [0.5, 0.6) is 0 Å². The molecule has 1 heterocycles. The summed E-state index contributed by atoms with van der Waals surface area (Å²) in [6.07, 6.45) is 1.42. The highest BCUT2D eigenvalue weighted by molar-refractivity contribution is 7.89. The Balaban J connectivity index is 0.00000312. The molecule has 0 radical (unpaired) electrons. The third-order valence-corrected chi connectivity index (χ3v) is 6.37. The van der Waals surface area contributed by atoms with Crippen LogP contribution in [0, 0.1) is 12.8 Å². The molecule has 0 aliphatic carbocycles. The van der Waals surface area contributed by atoms with E-state index in [1.165, 1.54) is 4.31 Å². The fourth-order valence-corrected chi connectivity index (χ4v) is 4.26. The summed E-state index contributed by atoms with van der Waals surface area (Å²) < 4.78 is 27.0. The molecule has 1 aliphatic heterocycles. The topological polar surface area (TPSA) is 78.5 Å². The molecule has 0 bridgehead atoms. The van der Waals surface area contributed by atoms with Crippen LogP contribution in [0.3, 0.4) is 0 Å². The number of carbonyl (C=O) groups excluding carboxylic acids is 1. The van der Waals surface area contributed by atoms with Crippen LogP contribution in [-0.2, 0) is 14.8 Å². The minimum atomic E-state index is -3.54. The van der Waals surface area contributed by atoms with Crippen molar-refractivity contribution in [1.82, 2.24) is 14.9 Å². The van der Waals surface area contributed by atoms with E-state index in [4.69, 9.17) is 0 Å². The van der Waals surface area contributed by atoms with E-state index in [1.54, 1.807) is 24.3 Å². The van der Waals surface area contributed by atoms with Crippen LogP contribution in [0.2, 0.25) is 0 Å². The quantitative estimate of drug-likeness (QED) is 0.773. The van der Waals surface area contributed by atoms with Gasteiger partial charge < -0.3 is 10.6 Å². The lowest BCUT2D eigenvalue weighted by Crippen LogP contribution is -2.47. The van der Waals surface area contributed by atoms with Crippen molar-refractivity contribution in [2.45, 2.75) is 37.6 Å². The van der Waals surface area contributed by atoms with Crippen molar-refractivity contribution in [3.05, 3.63) is 29.8 Å². The molecule has 2 rings (SSSR count). The highest BCUT2D eigenvalue weighted by Gasteiger charge is 2.33. The Labute approximate surface area is 156 Å². The molecule has 1 aromatic rings. The van der Waals surface area contributed by atoms with E-state index in [0.29, 0.717) is 19.5 Å². The van der Waals surface area contributed by atoms with Crippen molar-refractivity contribution < 1.29 is 13.2 Å². The molecular formula is C17H28ClN3O3S. The van der Waals surface area contributed by atoms with Crippen LogP contribution in [0.15, 0.2) is 29.2 Å². The number of hydrogen-bond donors (Lipinski definition) is 2. The molecule has 8 heteroatoms. The first kappa shape index (κ1) is 21.9. The van der Waals surface area contributed by atoms with Crippen LogP contribution in [0.4, 0.5) is 0 Å². The van der Waals surface area contributed by atoms with Gasteiger partial charge in [-0.15, -0.1) is 12.4 Å². The number of nitrogens with zero attached hydrogens (tertiary/aromatic N) is 1. The summed E-state index contributed by atoms with van der Waals surface area (Å²) >= 11 is 0. The summed E-state index contributed by atoms with van der Waals surface area (Å²) in [4.78, 5) is 12.6. The van der Waals surface area contributed by atoms with E-state index in [0.717, 1.165) is 12.0 Å². The van der Waals surface area contributed by atoms with Crippen molar-refractivity contribution >= 4 is 28.3 Å². The van der Waals surface area contributed by atoms with Crippen molar-refractivity contribution in [1.29, 1.82) is 0 Å². The monoisotopic (exact) mass is 389 g/mol. The van der Waals surface area contributed by atoms with Crippen molar-refractivity contribution in [3.63, 3.8) is 0 Å². The fraction of sp³-hybridized carbons (Fsp3) is 0.588. The van der Waals surface area contributed by atoms with Crippen LogP contribution >= 0.6 is 12.4 Å². The van der Waals surface area contributed by atoms with Crippen LogP contribution in [0.25, 0.3) is 0 Å². The SMILES string of the molecule is CNC(C)CNC(=O)C1CCCN(S(=O)(=O)c2ccc(C)cc2)C1.Cl. The summed E-state index contributed by atoms with van der Waals surface area (Å²) in [5.41, 5.74) is 1.02. The average Bonchev–Trinajstić information content (AvgIpc) is 2.59. The normalized spacial score (nSPS) is 19.7. The molecule has 1 saturated heterocycles. The number of sulfonamides is 1. The van der Waals surface area contributed by atoms with Gasteiger partial charge in [0.05, 0.1) is 10.8 Å². The number of rotatable bonds is 6. The average molecular weight is 390 g/mol. The number of amides is 1. The number of likely N-dealkylation sites (N-methyl/N-ethyl adjacent to an activating group) is 1. The summed E-state index contributed by atoms with van der Waals surface area (Å²) in [5, 5.41) is 5.96. The lowest BCUT2D eigenvalue weighted by Gasteiger charge is -2.31. The summed E-state index contributed by atoms with van der Waals surface area (Å²) in [6, 6.07) is 7.02. The van der Waals surface area contributed by atoms with Gasteiger partial charge in [0.15, 0.2) is 0 Å². The van der Waals surface area contributed by atoms with Crippen LogP contribution < -0.4 is 10.6 Å². The number of benzene rings is 1. The molecule has 25 heavy (non-hydrogen) atoms. The highest BCUT2D eigenvalue weighted by atomic mass is 35.5. The fourth-order valence-electron chi connectivity index (χ4n) is 2.73. The third kappa shape index (κ3) is 5.67. The van der Waals surface area contributed by atoms with Gasteiger partial charge >= 0.3 is 0 Å². The zero-order chi connectivity index (χ0) is 17.7. The minimum Gasteiger partial charge on any atom is -0.354 e. The standard InChI is InChI=1S/C17H27N3O3S.ClH/c1-13-6-8-16(9-7-13)24(22,23)20-10-4-5-15(12-20)17(21)19-11-14(2)18-3;/h6-9,14-15,18H,4-5,10-12H2,1-3H3,(H,19,21);1H. The third-order valence-electron chi connectivity index (χ3n) is 4.49. The summed E-state index contributed by atoms with van der Waals surface area (Å²) in [6.45, 7) is 5.15. The zero-order valence-corrected chi connectivity index (χ0v) is 16.6. The maximum absolute atomic E-state index is 12.8. The number of hydrogen-bond acceptors (Lipinski definition) is 4. The lowest BCUT2D eigenvalue weighted by atomic mass is 9.99. The van der Waals surface area contributed by atoms with Gasteiger partial charge in [0.1, 0.15) is 0 Å². The predicted octanol–water partition coefficient (Wildman–Crippen LogP) is 1.54. The summed E-state index contributed by atoms with van der Waals surface area (Å²) in [7, 11) is -1.70. The first-order valence-corrected chi connectivity index (χ1v) is 9.80. The lowest BCUT2D eigenvalue weighted by molar-refractivity contribution is -0.126. The molecular weight excluding hydrogens is 362 g/mol. The minimum absolute atomic E-state index is 0. The first-order valence-electron chi connectivity index (χ1n) is 8.36. The van der Waals surface area contributed by atoms with Gasteiger partial charge in [0.2, 0.25) is 15.9 Å². The highest BCUT2D eigenvalue weighted by Crippen LogP contribution is 2.24. The van der Waals surface area contributed by atoms with Gasteiger partial charge in [-0.2, -0.15) is 4.31 Å². The van der Waals surface area contributed by atoms with E-state index in [9.17, 15) is 13.2 Å². The number of halogens is 1. The maximum atomic E-state index is 12.8. The van der Waals surface area contributed by atoms with Gasteiger partial charge in [0, 0.05) is 25.7 Å². The molecule has 0 saturated carbocycles. The molecule has 2 unspecified atom stereocenters. The second kappa shape index (κ2) is 9.52. The largest absolute Gasteiger partial charge is 0.354 e. The molecule has 1 amide bonds. The smallest absolute Gasteiger partial charge is 0.243 e. The summed E-state index contributed by atoms with van der Waals surface area (Å²) in [5.74, 6) is -0.357. The van der Waals surface area contributed by atoms with Crippen LogP contribution in [-0.4, -0.2) is 51.4 Å². The van der Waals surface area contributed by atoms with Crippen molar-refractivity contribution in [2.24, 2.45) is 5.92 Å². The Hall–Kier alpha value is -1.15. The molecule has 2 N–H and O–H groups in total. The molecule has 6 nitrogen and oxygen atoms in total. The Bertz CT molecular complexity index is 664.